The van der Waals surface area contributed by atoms with Crippen molar-refractivity contribution in [2.75, 3.05) is 33.4 Å². The lowest BCUT2D eigenvalue weighted by molar-refractivity contribution is -0.156. The van der Waals surface area contributed by atoms with Crippen LogP contribution >= 0.6 is 0 Å². The van der Waals surface area contributed by atoms with Crippen molar-refractivity contribution in [3.8, 4) is 5.75 Å². The zero-order valence-corrected chi connectivity index (χ0v) is 54.6. The molecule has 1 aliphatic heterocycles. The molecule has 0 saturated carbocycles. The number of phenolic OH excluding ortho intramolecular Hbond substituents is 1. The number of nitrogens with zero attached hydrogens (tertiary/aromatic N) is 1. The van der Waals surface area contributed by atoms with E-state index in [0.717, 1.165) is 30.9 Å². The van der Waals surface area contributed by atoms with E-state index >= 15 is 0 Å². The summed E-state index contributed by atoms with van der Waals surface area (Å²) in [6.07, 6.45) is 7.00. The second-order valence-electron chi connectivity index (χ2n) is 24.8. The Morgan fingerprint density at radius 1 is 0.637 bits per heavy atom. The molecule has 0 fully saturated rings. The first kappa shape index (κ1) is 78.0. The maximum atomic E-state index is 13.9. The van der Waals surface area contributed by atoms with Crippen molar-refractivity contribution in [1.29, 1.82) is 0 Å². The number of allylic oxidation sites excluding steroid dienone is 1. The van der Waals surface area contributed by atoms with Gasteiger partial charge in [-0.25, -0.2) is 4.79 Å². The van der Waals surface area contributed by atoms with Gasteiger partial charge in [0.1, 0.15) is 42.6 Å². The van der Waals surface area contributed by atoms with Crippen LogP contribution in [0.25, 0.3) is 0 Å². The summed E-state index contributed by atoms with van der Waals surface area (Å²) in [7, 11) is 1.40. The molecule has 508 valence electrons. The smallest absolute Gasteiger partial charge is 0.329 e. The summed E-state index contributed by atoms with van der Waals surface area (Å²) in [4.78, 5) is 124. The number of benzene rings is 2. The van der Waals surface area contributed by atoms with Gasteiger partial charge >= 0.3 is 5.97 Å². The average molecular weight is 1280 g/mol. The molecule has 14 N–H and O–H groups in total. The molecule has 8 amide bonds. The standard InChI is InChI=1S/C66H103N9O16/c1-11-12-13-14-15-16-17-21-30-67-47(31-43-22-19-18-20-23-43)51(79)33-55(83)73-59(40(4)5)63(87)69-49(37-77)53(81)35-57(85)74-60(41(6)7)64(88)70-48(36-76)52(80)34-56(84)72-58(39(2)3)62(86)68-45-26-29-54(82)71-61(42(8)9)65(89)75(10)50(66(90)91-38-45)32-44-24-27-46(78)28-25-44/h16-20,22-29,39-42,45,47-53,58-61,67,76-81H,11-15,21,30-38H2,1-10H3,(H,68,86)(H,69,87)(H,70,88)(H,71,82)(H,72,84)(H,73,83)(H,74,85)/t45-,47+,48+,49+,50+,51+,52+,53+,58+,59+,60+,61+/m1/s1. The highest BCUT2D eigenvalue weighted by molar-refractivity contribution is 5.95. The summed E-state index contributed by atoms with van der Waals surface area (Å²) in [6, 6.07) is 4.93. The van der Waals surface area contributed by atoms with Crippen LogP contribution in [0.1, 0.15) is 131 Å². The Bertz CT molecular complexity index is 2670. The van der Waals surface area contributed by atoms with Gasteiger partial charge in [0.2, 0.25) is 47.3 Å². The Kier molecular flexibility index (Phi) is 34.7. The largest absolute Gasteiger partial charge is 0.508 e. The zero-order valence-electron chi connectivity index (χ0n) is 54.6. The lowest BCUT2D eigenvalue weighted by Crippen LogP contribution is -2.58. The van der Waals surface area contributed by atoms with Crippen molar-refractivity contribution < 1.29 is 78.5 Å². The van der Waals surface area contributed by atoms with E-state index in [0.29, 0.717) is 18.5 Å². The van der Waals surface area contributed by atoms with Crippen LogP contribution in [0.4, 0.5) is 0 Å². The second kappa shape index (κ2) is 40.5. The lowest BCUT2D eigenvalue weighted by Gasteiger charge is -2.32. The molecule has 0 aromatic heterocycles. The number of amides is 8. The van der Waals surface area contributed by atoms with Crippen molar-refractivity contribution in [2.45, 2.75) is 206 Å². The summed E-state index contributed by atoms with van der Waals surface area (Å²) < 4.78 is 5.66. The van der Waals surface area contributed by atoms with E-state index in [2.05, 4.69) is 61.6 Å². The summed E-state index contributed by atoms with van der Waals surface area (Å²) in [6.45, 7) is 13.7. The van der Waals surface area contributed by atoms with E-state index in [1.807, 2.05) is 30.3 Å². The SMILES string of the molecule is CCCCCCC=CCCN[C@@H](Cc1ccccc1)[C@@H](O)CC(=O)N[C@H](C(=O)N[C@@H](CO)[C@@H](O)CC(=O)N[C@H](C(=O)N[C@@H](CO)[C@@H](O)CC(=O)N[C@H](C(=O)N[C@@H]1C=CC(=O)N[C@@H](C(C)C)C(=O)N(C)[C@@H](Cc2ccc(O)cc2)C(=O)OC1)C(C)C)C(C)C)C(C)C. The fourth-order valence-electron chi connectivity index (χ4n) is 10.1. The van der Waals surface area contributed by atoms with E-state index < -0.39 is 182 Å². The molecule has 0 unspecified atom stereocenters. The highest BCUT2D eigenvalue weighted by Crippen LogP contribution is 2.19. The average Bonchev–Trinajstić information content (AvgIpc) is 1.17. The first-order valence-corrected chi connectivity index (χ1v) is 31.8. The molecule has 3 rings (SSSR count). The zero-order chi connectivity index (χ0) is 67.9. The highest BCUT2D eigenvalue weighted by Gasteiger charge is 2.38. The number of rotatable bonds is 37. The van der Waals surface area contributed by atoms with Crippen LogP contribution in [0.2, 0.25) is 0 Å². The Labute approximate surface area is 535 Å². The predicted molar refractivity (Wildman–Crippen MR) is 342 cm³/mol. The number of aliphatic hydroxyl groups excluding tert-OH is 5. The third-order valence-electron chi connectivity index (χ3n) is 15.7. The van der Waals surface area contributed by atoms with Crippen molar-refractivity contribution in [3.05, 3.63) is 90.0 Å². The number of carbonyl (C=O) groups excluding carboxylic acids is 9. The van der Waals surface area contributed by atoms with Gasteiger partial charge in [0.05, 0.1) is 68.9 Å². The van der Waals surface area contributed by atoms with Gasteiger partial charge in [-0.3, -0.25) is 38.4 Å². The minimum atomic E-state index is -1.75. The van der Waals surface area contributed by atoms with Gasteiger partial charge in [-0.05, 0) is 79.2 Å². The van der Waals surface area contributed by atoms with Gasteiger partial charge in [0, 0.05) is 25.6 Å². The maximum Gasteiger partial charge on any atom is 0.329 e. The van der Waals surface area contributed by atoms with Gasteiger partial charge in [0.25, 0.3) is 0 Å². The van der Waals surface area contributed by atoms with Crippen LogP contribution in [0, 0.1) is 23.7 Å². The van der Waals surface area contributed by atoms with Crippen LogP contribution in [-0.2, 0) is 60.7 Å². The normalized spacial score (nSPS) is 18.8. The van der Waals surface area contributed by atoms with Crippen LogP contribution in [0.3, 0.4) is 0 Å². The number of carbonyl (C=O) groups is 9. The van der Waals surface area contributed by atoms with Gasteiger partial charge in [-0.2, -0.15) is 0 Å². The second-order valence-corrected chi connectivity index (χ2v) is 24.8. The maximum absolute atomic E-state index is 13.9. The lowest BCUT2D eigenvalue weighted by atomic mass is 9.97. The molecule has 2 aromatic carbocycles. The van der Waals surface area contributed by atoms with E-state index in [1.165, 1.54) is 49.4 Å². The highest BCUT2D eigenvalue weighted by atomic mass is 16.5. The molecule has 12 atom stereocenters. The predicted octanol–water partition coefficient (Wildman–Crippen LogP) is 1.25. The van der Waals surface area contributed by atoms with E-state index in [-0.39, 0.29) is 18.6 Å². The molecule has 2 aromatic rings. The third-order valence-corrected chi connectivity index (χ3v) is 15.7. The molecule has 91 heavy (non-hydrogen) atoms. The molecule has 0 bridgehead atoms. The molecule has 25 nitrogen and oxygen atoms in total. The molecule has 25 heteroatoms. The van der Waals surface area contributed by atoms with E-state index in [4.69, 9.17) is 4.74 Å². The Morgan fingerprint density at radius 2 is 1.13 bits per heavy atom. The first-order valence-electron chi connectivity index (χ1n) is 31.8. The minimum absolute atomic E-state index is 0.0119. The molecule has 1 heterocycles. The fraction of sp³-hybridized carbons (Fsp3) is 0.621. The molecule has 0 aliphatic carbocycles. The van der Waals surface area contributed by atoms with E-state index in [1.54, 1.807) is 67.5 Å². The fourth-order valence-corrected chi connectivity index (χ4v) is 10.1. The van der Waals surface area contributed by atoms with Crippen LogP contribution in [0.5, 0.6) is 5.75 Å². The number of cyclic esters (lactones) is 1. The molecule has 0 radical (unpaired) electrons. The van der Waals surface area contributed by atoms with Crippen molar-refractivity contribution in [1.82, 2.24) is 47.4 Å². The third kappa shape index (κ3) is 27.6. The number of unbranched alkanes of at least 4 members (excludes halogenated alkanes) is 4. The summed E-state index contributed by atoms with van der Waals surface area (Å²) in [5, 5.41) is 85.6. The number of aromatic hydroxyl groups is 1. The summed E-state index contributed by atoms with van der Waals surface area (Å²) in [5.74, 6) is -9.05. The Balaban J connectivity index is 1.62. The Morgan fingerprint density at radius 3 is 1.62 bits per heavy atom. The number of hydrogen-bond acceptors (Lipinski definition) is 17. The van der Waals surface area contributed by atoms with Gasteiger partial charge in [-0.15, -0.1) is 0 Å². The number of esters is 1. The summed E-state index contributed by atoms with van der Waals surface area (Å²) >= 11 is 0. The van der Waals surface area contributed by atoms with E-state index in [9.17, 15) is 73.8 Å². The van der Waals surface area contributed by atoms with Crippen LogP contribution in [-0.4, -0.2) is 195 Å². The first-order chi connectivity index (χ1) is 43.1. The quantitative estimate of drug-likeness (QED) is 0.0257. The number of hydrogen-bond donors (Lipinski definition) is 14. The van der Waals surface area contributed by atoms with Crippen molar-refractivity contribution in [2.24, 2.45) is 23.7 Å². The van der Waals surface area contributed by atoms with Crippen molar-refractivity contribution in [3.63, 3.8) is 0 Å². The number of aliphatic hydroxyl groups is 5. The number of nitrogens with one attached hydrogen (secondary N) is 8. The van der Waals surface area contributed by atoms with Crippen molar-refractivity contribution >= 4 is 53.2 Å². The number of phenols is 1. The Hall–Kier alpha value is -7.29. The monoisotopic (exact) mass is 1280 g/mol. The molecule has 0 spiro atoms. The number of likely N-dealkylation sites (N-methyl/N-ethyl adjacent to an activating group) is 1. The van der Waals surface area contributed by atoms with Gasteiger partial charge in [-0.1, -0.05) is 142 Å². The molecule has 1 aliphatic rings. The topological polar surface area (TPSA) is 384 Å². The molecule has 0 saturated heterocycles. The number of ether oxygens (including phenoxy) is 1. The summed E-state index contributed by atoms with van der Waals surface area (Å²) in [5.41, 5.74) is 1.54. The molecular formula is C66H103N9O16. The molecular weight excluding hydrogens is 1170 g/mol. The van der Waals surface area contributed by atoms with Crippen LogP contribution in [0.15, 0.2) is 78.9 Å². The van der Waals surface area contributed by atoms with Crippen LogP contribution < -0.4 is 42.5 Å². The van der Waals surface area contributed by atoms with Gasteiger partial charge < -0.3 is 82.8 Å². The minimum Gasteiger partial charge on any atom is -0.508 e. The van der Waals surface area contributed by atoms with Gasteiger partial charge in [0.15, 0.2) is 0 Å².